The molecular weight excluding hydrogens is 188 g/mol. The molecule has 0 spiro atoms. The topological polar surface area (TPSA) is 42.0 Å². The summed E-state index contributed by atoms with van der Waals surface area (Å²) in [4.78, 5) is 15.6. The first-order valence-corrected chi connectivity index (χ1v) is 5.20. The Hall–Kier alpha value is -1.38. The maximum Gasteiger partial charge on any atom is 0.222 e. The molecule has 0 fully saturated rings. The highest BCUT2D eigenvalue weighted by molar-refractivity contribution is 5.77. The van der Waals surface area contributed by atoms with Crippen molar-refractivity contribution in [1.82, 2.24) is 10.3 Å². The zero-order valence-electron chi connectivity index (χ0n) is 9.79. The van der Waals surface area contributed by atoms with Gasteiger partial charge in [-0.15, -0.1) is 0 Å². The van der Waals surface area contributed by atoms with Gasteiger partial charge in [0.1, 0.15) is 0 Å². The summed E-state index contributed by atoms with van der Waals surface area (Å²) >= 11 is 0. The molecule has 1 heterocycles. The predicted molar refractivity (Wildman–Crippen MR) is 60.4 cm³/mol. The van der Waals surface area contributed by atoms with Crippen LogP contribution in [0.15, 0.2) is 12.3 Å². The maximum atomic E-state index is 11.4. The van der Waals surface area contributed by atoms with Crippen molar-refractivity contribution in [2.24, 2.45) is 5.92 Å². The number of aromatic nitrogens is 1. The summed E-state index contributed by atoms with van der Waals surface area (Å²) in [7, 11) is 0. The van der Waals surface area contributed by atoms with Crippen molar-refractivity contribution in [2.75, 3.05) is 0 Å². The molecule has 0 unspecified atom stereocenters. The fourth-order valence-corrected chi connectivity index (χ4v) is 1.30. The minimum Gasteiger partial charge on any atom is -0.352 e. The molecule has 0 atom stereocenters. The number of nitrogens with one attached hydrogen (secondary N) is 1. The number of hydrogen-bond acceptors (Lipinski definition) is 2. The molecule has 1 amide bonds. The highest BCUT2D eigenvalue weighted by Gasteiger charge is 2.07. The molecule has 3 nitrogen and oxygen atoms in total. The van der Waals surface area contributed by atoms with Crippen molar-refractivity contribution in [2.45, 2.75) is 34.2 Å². The highest BCUT2D eigenvalue weighted by atomic mass is 16.1. The van der Waals surface area contributed by atoms with Crippen molar-refractivity contribution in [3.63, 3.8) is 0 Å². The molecule has 1 N–H and O–H groups in total. The second-order valence-electron chi connectivity index (χ2n) is 4.12. The zero-order valence-corrected chi connectivity index (χ0v) is 9.79. The summed E-state index contributed by atoms with van der Waals surface area (Å²) in [5.41, 5.74) is 3.26. The average Bonchev–Trinajstić information content (AvgIpc) is 2.15. The van der Waals surface area contributed by atoms with E-state index in [0.717, 1.165) is 11.3 Å². The largest absolute Gasteiger partial charge is 0.352 e. The first-order chi connectivity index (χ1) is 7.00. The van der Waals surface area contributed by atoms with Crippen LogP contribution >= 0.6 is 0 Å². The van der Waals surface area contributed by atoms with Crippen molar-refractivity contribution in [3.8, 4) is 0 Å². The first kappa shape index (κ1) is 11.7. The minimum atomic E-state index is 0.0312. The van der Waals surface area contributed by atoms with Crippen LogP contribution in [0.5, 0.6) is 0 Å². The Morgan fingerprint density at radius 2 is 2.13 bits per heavy atom. The summed E-state index contributed by atoms with van der Waals surface area (Å²) in [5.74, 6) is 0.110. The van der Waals surface area contributed by atoms with E-state index >= 15 is 0 Å². The van der Waals surface area contributed by atoms with E-state index in [1.807, 2.05) is 40.0 Å². The Kier molecular flexibility index (Phi) is 3.83. The van der Waals surface area contributed by atoms with Crippen LogP contribution in [0.1, 0.15) is 30.7 Å². The van der Waals surface area contributed by atoms with Gasteiger partial charge in [0.15, 0.2) is 0 Å². The SMILES string of the molecule is Cc1cc(C)c(CNC(=O)C(C)C)cn1. The van der Waals surface area contributed by atoms with Crippen LogP contribution in [-0.4, -0.2) is 10.9 Å². The van der Waals surface area contributed by atoms with Crippen LogP contribution in [0.25, 0.3) is 0 Å². The van der Waals surface area contributed by atoms with Crippen LogP contribution in [-0.2, 0) is 11.3 Å². The highest BCUT2D eigenvalue weighted by Crippen LogP contribution is 2.07. The van der Waals surface area contributed by atoms with Gasteiger partial charge in [-0.25, -0.2) is 0 Å². The molecule has 0 saturated heterocycles. The molecule has 0 aliphatic heterocycles. The first-order valence-electron chi connectivity index (χ1n) is 5.20. The Morgan fingerprint density at radius 1 is 1.47 bits per heavy atom. The Morgan fingerprint density at radius 3 is 2.67 bits per heavy atom. The molecule has 3 heteroatoms. The second-order valence-corrected chi connectivity index (χ2v) is 4.12. The normalized spacial score (nSPS) is 10.5. The summed E-state index contributed by atoms with van der Waals surface area (Å²) in [5, 5.41) is 2.88. The minimum absolute atomic E-state index is 0.0312. The van der Waals surface area contributed by atoms with Crippen LogP contribution in [0.4, 0.5) is 0 Å². The Balaban J connectivity index is 2.62. The Labute approximate surface area is 90.9 Å². The van der Waals surface area contributed by atoms with Gasteiger partial charge in [-0.3, -0.25) is 9.78 Å². The zero-order chi connectivity index (χ0) is 11.4. The van der Waals surface area contributed by atoms with Crippen molar-refractivity contribution in [3.05, 3.63) is 29.1 Å². The molecule has 0 aromatic carbocycles. The lowest BCUT2D eigenvalue weighted by Gasteiger charge is -2.09. The van der Waals surface area contributed by atoms with E-state index < -0.39 is 0 Å². The van der Waals surface area contributed by atoms with Gasteiger partial charge < -0.3 is 5.32 Å². The van der Waals surface area contributed by atoms with Crippen LogP contribution < -0.4 is 5.32 Å². The van der Waals surface area contributed by atoms with Gasteiger partial charge in [0, 0.05) is 24.4 Å². The quantitative estimate of drug-likeness (QED) is 0.821. The van der Waals surface area contributed by atoms with E-state index in [2.05, 4.69) is 10.3 Å². The number of hydrogen-bond donors (Lipinski definition) is 1. The molecule has 1 aromatic heterocycles. The number of amides is 1. The summed E-state index contributed by atoms with van der Waals surface area (Å²) < 4.78 is 0. The van der Waals surface area contributed by atoms with Gasteiger partial charge in [0.25, 0.3) is 0 Å². The number of pyridine rings is 1. The molecule has 15 heavy (non-hydrogen) atoms. The van der Waals surface area contributed by atoms with Crippen LogP contribution in [0, 0.1) is 19.8 Å². The van der Waals surface area contributed by atoms with Crippen molar-refractivity contribution < 1.29 is 4.79 Å². The number of rotatable bonds is 3. The van der Waals surface area contributed by atoms with E-state index in [9.17, 15) is 4.79 Å². The second kappa shape index (κ2) is 4.91. The number of nitrogens with zero attached hydrogens (tertiary/aromatic N) is 1. The van der Waals surface area contributed by atoms with Gasteiger partial charge in [-0.05, 0) is 31.0 Å². The van der Waals surface area contributed by atoms with Crippen LogP contribution in [0.2, 0.25) is 0 Å². The standard InChI is InChI=1S/C12H18N2O/c1-8(2)12(15)14-7-11-6-13-10(4)5-9(11)3/h5-6,8H,7H2,1-4H3,(H,14,15). The van der Waals surface area contributed by atoms with Gasteiger partial charge in [-0.1, -0.05) is 13.8 Å². The average molecular weight is 206 g/mol. The van der Waals surface area contributed by atoms with E-state index in [-0.39, 0.29) is 11.8 Å². The number of aryl methyl sites for hydroxylation is 2. The molecule has 0 bridgehead atoms. The van der Waals surface area contributed by atoms with E-state index in [4.69, 9.17) is 0 Å². The lowest BCUT2D eigenvalue weighted by molar-refractivity contribution is -0.124. The molecule has 0 aliphatic carbocycles. The van der Waals surface area contributed by atoms with Gasteiger partial charge >= 0.3 is 0 Å². The third kappa shape index (κ3) is 3.35. The van der Waals surface area contributed by atoms with Crippen molar-refractivity contribution >= 4 is 5.91 Å². The lowest BCUT2D eigenvalue weighted by Crippen LogP contribution is -2.27. The maximum absolute atomic E-state index is 11.4. The predicted octanol–water partition coefficient (Wildman–Crippen LogP) is 1.97. The Bertz CT molecular complexity index is 359. The van der Waals surface area contributed by atoms with Gasteiger partial charge in [0.2, 0.25) is 5.91 Å². The molecular formula is C12H18N2O. The molecule has 0 radical (unpaired) electrons. The van der Waals surface area contributed by atoms with Gasteiger partial charge in [-0.2, -0.15) is 0 Å². The summed E-state index contributed by atoms with van der Waals surface area (Å²) in [6.45, 7) is 8.33. The molecule has 1 aromatic rings. The fourth-order valence-electron chi connectivity index (χ4n) is 1.30. The molecule has 1 rings (SSSR count). The molecule has 0 aliphatic rings. The third-order valence-corrected chi connectivity index (χ3v) is 2.33. The third-order valence-electron chi connectivity index (χ3n) is 2.33. The number of carbonyl (C=O) groups is 1. The van der Waals surface area contributed by atoms with E-state index in [0.29, 0.717) is 6.54 Å². The van der Waals surface area contributed by atoms with Crippen molar-refractivity contribution in [1.29, 1.82) is 0 Å². The summed E-state index contributed by atoms with van der Waals surface area (Å²) in [6, 6.07) is 2.02. The fraction of sp³-hybridized carbons (Fsp3) is 0.500. The number of carbonyl (C=O) groups excluding carboxylic acids is 1. The summed E-state index contributed by atoms with van der Waals surface area (Å²) in [6.07, 6.45) is 1.82. The van der Waals surface area contributed by atoms with E-state index in [1.54, 1.807) is 0 Å². The molecule has 0 saturated carbocycles. The monoisotopic (exact) mass is 206 g/mol. The molecule has 82 valence electrons. The van der Waals surface area contributed by atoms with Gasteiger partial charge in [0.05, 0.1) is 0 Å². The smallest absolute Gasteiger partial charge is 0.222 e. The lowest BCUT2D eigenvalue weighted by atomic mass is 10.1. The van der Waals surface area contributed by atoms with Crippen LogP contribution in [0.3, 0.4) is 0 Å². The van der Waals surface area contributed by atoms with E-state index in [1.165, 1.54) is 5.56 Å².